The molecular formula is C34H35ClF6N8O3S. The maximum atomic E-state index is 16.4. The second kappa shape index (κ2) is 13.8. The summed E-state index contributed by atoms with van der Waals surface area (Å²) in [4.78, 5) is 37.3. The lowest BCUT2D eigenvalue weighted by atomic mass is 9.69. The summed E-state index contributed by atoms with van der Waals surface area (Å²) in [6.07, 6.45) is -5.85. The molecule has 3 heterocycles. The predicted molar refractivity (Wildman–Crippen MR) is 183 cm³/mol. The van der Waals surface area contributed by atoms with Crippen molar-refractivity contribution in [1.29, 1.82) is 5.41 Å². The Labute approximate surface area is 309 Å². The third-order valence-electron chi connectivity index (χ3n) is 9.46. The van der Waals surface area contributed by atoms with E-state index in [1.165, 1.54) is 35.6 Å². The van der Waals surface area contributed by atoms with E-state index in [-0.39, 0.29) is 42.0 Å². The first-order valence-corrected chi connectivity index (χ1v) is 17.7. The van der Waals surface area contributed by atoms with Gasteiger partial charge in [0.1, 0.15) is 29.8 Å². The van der Waals surface area contributed by atoms with E-state index in [1.807, 2.05) is 26.1 Å². The van der Waals surface area contributed by atoms with Gasteiger partial charge in [-0.1, -0.05) is 44.5 Å². The summed E-state index contributed by atoms with van der Waals surface area (Å²) in [6.45, 7) is 6.52. The predicted octanol–water partition coefficient (Wildman–Crippen LogP) is 7.98. The zero-order chi connectivity index (χ0) is 38.7. The van der Waals surface area contributed by atoms with Crippen LogP contribution in [0.1, 0.15) is 80.9 Å². The van der Waals surface area contributed by atoms with E-state index in [0.717, 1.165) is 20.8 Å². The van der Waals surface area contributed by atoms with Crippen molar-refractivity contribution in [2.45, 2.75) is 83.1 Å². The molecule has 2 aliphatic carbocycles. The van der Waals surface area contributed by atoms with Gasteiger partial charge in [0.15, 0.2) is 11.8 Å². The lowest BCUT2D eigenvalue weighted by Crippen LogP contribution is -2.56. The van der Waals surface area contributed by atoms with Crippen LogP contribution in [0.3, 0.4) is 0 Å². The van der Waals surface area contributed by atoms with E-state index >= 15 is 4.39 Å². The molecule has 53 heavy (non-hydrogen) atoms. The first kappa shape index (κ1) is 38.3. The first-order chi connectivity index (χ1) is 24.8. The number of rotatable bonds is 10. The summed E-state index contributed by atoms with van der Waals surface area (Å²) in [7, 11) is 0. The number of alkyl carbamates (subject to hydrolysis) is 1. The van der Waals surface area contributed by atoms with Gasteiger partial charge in [-0.3, -0.25) is 15.1 Å². The minimum atomic E-state index is -4.75. The topological polar surface area (TPSA) is 138 Å². The molecule has 11 nitrogen and oxygen atoms in total. The molecule has 3 N–H and O–H groups in total. The van der Waals surface area contributed by atoms with Crippen LogP contribution in [0.25, 0.3) is 11.3 Å². The van der Waals surface area contributed by atoms with Crippen LogP contribution in [0, 0.1) is 23.7 Å². The standard InChI is InChI=1S/C34H35ClF6N8O3S/c1-17-25(53-16-44-17)19-5-7-20(22(36)11-19)33(14-31(2,3)4)28(50)48(29(42)46-33)24(13-52-30(51)47-32(9-10-32)34(39,40)41)18-6-8-21(35)23(12-18)49-27(26(37)38)43-15-45-49/h5-6,8,11-12,15-16,20,24,26H,7,9-10,13-14H2,1-4H3,(H2,42,46)(H,47,51)/t20?,24-,33-/m1/s1. The molecule has 19 heteroatoms. The summed E-state index contributed by atoms with van der Waals surface area (Å²) in [6, 6.07) is 2.51. The fourth-order valence-corrected chi connectivity index (χ4v) is 7.90. The number of amides is 2. The van der Waals surface area contributed by atoms with E-state index in [2.05, 4.69) is 20.4 Å². The Morgan fingerprint density at radius 3 is 2.53 bits per heavy atom. The maximum absolute atomic E-state index is 16.4. The Hall–Kier alpha value is -4.45. The highest BCUT2D eigenvalue weighted by Gasteiger charge is 2.65. The average Bonchev–Trinajstić information content (AvgIpc) is 3.37. The Morgan fingerprint density at radius 1 is 1.23 bits per heavy atom. The molecule has 1 aromatic carbocycles. The van der Waals surface area contributed by atoms with E-state index < -0.39 is 77.3 Å². The van der Waals surface area contributed by atoms with Crippen LogP contribution >= 0.6 is 22.9 Å². The number of nitrogens with zero attached hydrogens (tertiary/aromatic N) is 5. The summed E-state index contributed by atoms with van der Waals surface area (Å²) in [5.74, 6) is -3.76. The summed E-state index contributed by atoms with van der Waals surface area (Å²) < 4.78 is 91.1. The Balaban J connectivity index is 1.40. The number of thiazole rings is 1. The number of hydrogen-bond donors (Lipinski definition) is 3. The molecule has 1 saturated carbocycles. The zero-order valence-corrected chi connectivity index (χ0v) is 30.4. The van der Waals surface area contributed by atoms with Crippen molar-refractivity contribution in [2.75, 3.05) is 6.61 Å². The molecule has 2 fully saturated rings. The number of benzene rings is 1. The van der Waals surface area contributed by atoms with Crippen LogP contribution < -0.4 is 10.6 Å². The SMILES string of the molecule is Cc1ncsc1C1=CCC([C@@]2(CC(C)(C)C)NC(=N)N([C@H](COC(=O)NC3(C(F)(F)F)CC3)c3ccc(Cl)c(-n4ncnc4C(F)F)c3)C2=O)C(F)=C1. The number of halogens is 7. The van der Waals surface area contributed by atoms with Gasteiger partial charge in [0.25, 0.3) is 12.3 Å². The van der Waals surface area contributed by atoms with Gasteiger partial charge in [0, 0.05) is 5.92 Å². The van der Waals surface area contributed by atoms with Gasteiger partial charge in [-0.05, 0) is 67.4 Å². The second-order valence-corrected chi connectivity index (χ2v) is 15.7. The number of ether oxygens (including phenoxy) is 1. The van der Waals surface area contributed by atoms with Gasteiger partial charge in [0.05, 0.1) is 32.8 Å². The van der Waals surface area contributed by atoms with Crippen LogP contribution in [-0.4, -0.2) is 66.5 Å². The summed E-state index contributed by atoms with van der Waals surface area (Å²) in [5, 5.41) is 17.7. The Kier molecular flexibility index (Phi) is 9.93. The third kappa shape index (κ3) is 7.26. The Morgan fingerprint density at radius 2 is 1.94 bits per heavy atom. The monoisotopic (exact) mass is 784 g/mol. The zero-order valence-electron chi connectivity index (χ0n) is 28.8. The normalized spacial score (nSPS) is 22.0. The second-order valence-electron chi connectivity index (χ2n) is 14.5. The number of carbonyl (C=O) groups excluding carboxylic acids is 2. The highest BCUT2D eigenvalue weighted by molar-refractivity contribution is 7.11. The fraction of sp³-hybridized carbons (Fsp3) is 0.471. The minimum Gasteiger partial charge on any atom is -0.447 e. The van der Waals surface area contributed by atoms with E-state index in [1.54, 1.807) is 18.5 Å². The van der Waals surface area contributed by atoms with Crippen molar-refractivity contribution >= 4 is 46.5 Å². The van der Waals surface area contributed by atoms with E-state index in [4.69, 9.17) is 21.7 Å². The van der Waals surface area contributed by atoms with Crippen molar-refractivity contribution in [3.63, 3.8) is 0 Å². The number of carbonyl (C=O) groups is 2. The summed E-state index contributed by atoms with van der Waals surface area (Å²) in [5.41, 5.74) is -1.91. The molecule has 6 rings (SSSR count). The molecule has 2 amide bonds. The van der Waals surface area contributed by atoms with Crippen LogP contribution in [0.4, 0.5) is 31.1 Å². The molecule has 3 aromatic rings. The smallest absolute Gasteiger partial charge is 0.411 e. The number of allylic oxidation sites excluding steroid dienone is 3. The van der Waals surface area contributed by atoms with Gasteiger partial charge < -0.3 is 15.4 Å². The van der Waals surface area contributed by atoms with E-state index in [0.29, 0.717) is 11.3 Å². The lowest BCUT2D eigenvalue weighted by Gasteiger charge is -2.40. The molecule has 0 radical (unpaired) electrons. The highest BCUT2D eigenvalue weighted by Crippen LogP contribution is 2.50. The van der Waals surface area contributed by atoms with Gasteiger partial charge in [-0.25, -0.2) is 32.6 Å². The third-order valence-corrected chi connectivity index (χ3v) is 10.8. The molecule has 1 unspecified atom stereocenters. The van der Waals surface area contributed by atoms with Crippen molar-refractivity contribution < 1.29 is 40.7 Å². The number of aryl methyl sites for hydroxylation is 1. The van der Waals surface area contributed by atoms with Crippen molar-refractivity contribution in [3.05, 3.63) is 75.0 Å². The van der Waals surface area contributed by atoms with Crippen LogP contribution in [0.2, 0.25) is 5.02 Å². The molecular weight excluding hydrogens is 750 g/mol. The van der Waals surface area contributed by atoms with Crippen molar-refractivity contribution in [1.82, 2.24) is 35.3 Å². The van der Waals surface area contributed by atoms with Crippen LogP contribution in [0.5, 0.6) is 0 Å². The molecule has 3 aliphatic rings. The lowest BCUT2D eigenvalue weighted by molar-refractivity contribution is -0.164. The van der Waals surface area contributed by atoms with Gasteiger partial charge in [-0.15, -0.1) is 11.3 Å². The molecule has 2 aromatic heterocycles. The first-order valence-electron chi connectivity index (χ1n) is 16.4. The highest BCUT2D eigenvalue weighted by atomic mass is 35.5. The average molecular weight is 785 g/mol. The number of guanidine groups is 1. The maximum Gasteiger partial charge on any atom is 0.411 e. The van der Waals surface area contributed by atoms with Gasteiger partial charge in [-0.2, -0.15) is 18.3 Å². The minimum absolute atomic E-state index is 0.0249. The molecule has 1 aliphatic heterocycles. The van der Waals surface area contributed by atoms with E-state index in [9.17, 15) is 31.5 Å². The molecule has 3 atom stereocenters. The molecule has 284 valence electrons. The molecule has 0 bridgehead atoms. The Bertz CT molecular complexity index is 2000. The van der Waals surface area contributed by atoms with Gasteiger partial charge in [0.2, 0.25) is 0 Å². The number of hydrogen-bond acceptors (Lipinski definition) is 8. The van der Waals surface area contributed by atoms with Crippen molar-refractivity contribution in [2.24, 2.45) is 11.3 Å². The molecule has 0 spiro atoms. The van der Waals surface area contributed by atoms with Crippen LogP contribution in [-0.2, 0) is 9.53 Å². The van der Waals surface area contributed by atoms with Gasteiger partial charge >= 0.3 is 12.3 Å². The molecule has 1 saturated heterocycles. The largest absolute Gasteiger partial charge is 0.447 e. The number of alkyl halides is 5. The number of nitrogens with one attached hydrogen (secondary N) is 3. The van der Waals surface area contributed by atoms with Crippen LogP contribution in [0.15, 0.2) is 48.0 Å². The fourth-order valence-electron chi connectivity index (χ4n) is 6.89. The van der Waals surface area contributed by atoms with Crippen molar-refractivity contribution in [3.8, 4) is 5.69 Å². The summed E-state index contributed by atoms with van der Waals surface area (Å²) >= 11 is 7.74. The number of aromatic nitrogens is 4. The quantitative estimate of drug-likeness (QED) is 0.177.